The SMILES string of the molecule is CCNC(=O)NC(=O)[C@H](OC(=O)[C@H](C)Oc1ccccc1)c1ccccc1. The van der Waals surface area contributed by atoms with Gasteiger partial charge < -0.3 is 14.8 Å². The van der Waals surface area contributed by atoms with Gasteiger partial charge in [0, 0.05) is 12.1 Å². The van der Waals surface area contributed by atoms with Crippen LogP contribution in [0.4, 0.5) is 4.79 Å². The summed E-state index contributed by atoms with van der Waals surface area (Å²) in [7, 11) is 0. The standard InChI is InChI=1S/C20H22N2O5/c1-3-21-20(25)22-18(23)17(15-10-6-4-7-11-15)27-19(24)14(2)26-16-12-8-5-9-13-16/h4-14,17H,3H2,1-2H3,(H2,21,22,23,25)/t14-,17+/m0/s1. The van der Waals surface area contributed by atoms with Crippen LogP contribution in [0.15, 0.2) is 60.7 Å². The molecule has 2 atom stereocenters. The van der Waals surface area contributed by atoms with Gasteiger partial charge in [0.15, 0.2) is 6.10 Å². The number of ether oxygens (including phenoxy) is 2. The first-order valence-corrected chi connectivity index (χ1v) is 8.57. The van der Waals surface area contributed by atoms with Crippen LogP contribution in [0.25, 0.3) is 0 Å². The number of benzene rings is 2. The van der Waals surface area contributed by atoms with Crippen molar-refractivity contribution in [1.82, 2.24) is 10.6 Å². The number of rotatable bonds is 7. The van der Waals surface area contributed by atoms with Crippen molar-refractivity contribution in [2.45, 2.75) is 26.1 Å². The highest BCUT2D eigenvalue weighted by Crippen LogP contribution is 2.20. The minimum Gasteiger partial charge on any atom is -0.479 e. The minimum absolute atomic E-state index is 0.358. The molecule has 0 aliphatic heterocycles. The Morgan fingerprint density at radius 3 is 2.15 bits per heavy atom. The van der Waals surface area contributed by atoms with Crippen LogP contribution >= 0.6 is 0 Å². The molecule has 2 rings (SSSR count). The molecule has 0 unspecified atom stereocenters. The second-order valence-electron chi connectivity index (χ2n) is 5.65. The first kappa shape index (κ1) is 20.0. The van der Waals surface area contributed by atoms with Crippen molar-refractivity contribution in [2.75, 3.05) is 6.54 Å². The van der Waals surface area contributed by atoms with Gasteiger partial charge in [-0.25, -0.2) is 9.59 Å². The summed E-state index contributed by atoms with van der Waals surface area (Å²) in [4.78, 5) is 36.5. The van der Waals surface area contributed by atoms with E-state index in [1.54, 1.807) is 61.5 Å². The lowest BCUT2D eigenvalue weighted by molar-refractivity contribution is -0.162. The summed E-state index contributed by atoms with van der Waals surface area (Å²) in [6.45, 7) is 3.61. The lowest BCUT2D eigenvalue weighted by atomic mass is 10.1. The number of imide groups is 1. The van der Waals surface area contributed by atoms with E-state index in [4.69, 9.17) is 9.47 Å². The molecule has 27 heavy (non-hydrogen) atoms. The van der Waals surface area contributed by atoms with E-state index >= 15 is 0 Å². The van der Waals surface area contributed by atoms with Crippen molar-refractivity contribution < 1.29 is 23.9 Å². The Balaban J connectivity index is 2.10. The molecule has 2 N–H and O–H groups in total. The second kappa shape index (κ2) is 9.96. The van der Waals surface area contributed by atoms with Crippen LogP contribution in [0.2, 0.25) is 0 Å². The molecule has 0 bridgehead atoms. The van der Waals surface area contributed by atoms with Crippen LogP contribution in [0, 0.1) is 0 Å². The summed E-state index contributed by atoms with van der Waals surface area (Å²) in [6.07, 6.45) is -2.21. The van der Waals surface area contributed by atoms with Crippen molar-refractivity contribution in [1.29, 1.82) is 0 Å². The summed E-state index contributed by atoms with van der Waals surface area (Å²) in [5.74, 6) is -0.962. The van der Waals surface area contributed by atoms with Crippen molar-refractivity contribution in [3.05, 3.63) is 66.2 Å². The van der Waals surface area contributed by atoms with E-state index < -0.39 is 30.1 Å². The minimum atomic E-state index is -1.27. The van der Waals surface area contributed by atoms with Gasteiger partial charge in [-0.2, -0.15) is 0 Å². The van der Waals surface area contributed by atoms with Gasteiger partial charge in [0.2, 0.25) is 6.10 Å². The maximum atomic E-state index is 12.5. The first-order valence-electron chi connectivity index (χ1n) is 8.57. The molecule has 0 aromatic heterocycles. The monoisotopic (exact) mass is 370 g/mol. The number of carbonyl (C=O) groups is 3. The molecular weight excluding hydrogens is 348 g/mol. The van der Waals surface area contributed by atoms with E-state index in [-0.39, 0.29) is 0 Å². The van der Waals surface area contributed by atoms with Crippen LogP contribution in [0.3, 0.4) is 0 Å². The number of urea groups is 1. The summed E-state index contributed by atoms with van der Waals surface area (Å²) >= 11 is 0. The zero-order valence-corrected chi connectivity index (χ0v) is 15.2. The van der Waals surface area contributed by atoms with Crippen molar-refractivity contribution in [3.63, 3.8) is 0 Å². The van der Waals surface area contributed by atoms with Crippen molar-refractivity contribution in [2.24, 2.45) is 0 Å². The third-order valence-corrected chi connectivity index (χ3v) is 3.54. The van der Waals surface area contributed by atoms with E-state index in [1.807, 2.05) is 6.07 Å². The van der Waals surface area contributed by atoms with Gasteiger partial charge >= 0.3 is 12.0 Å². The van der Waals surface area contributed by atoms with Crippen molar-refractivity contribution in [3.8, 4) is 5.75 Å². The summed E-state index contributed by atoms with van der Waals surface area (Å²) in [5, 5.41) is 4.62. The Hall–Kier alpha value is -3.35. The largest absolute Gasteiger partial charge is 0.479 e. The Labute approximate surface area is 157 Å². The molecule has 0 fully saturated rings. The first-order chi connectivity index (χ1) is 13.0. The van der Waals surface area contributed by atoms with E-state index in [1.165, 1.54) is 6.92 Å². The summed E-state index contributed by atoms with van der Waals surface area (Å²) in [5.41, 5.74) is 0.444. The quantitative estimate of drug-likeness (QED) is 0.731. The molecule has 3 amide bonds. The van der Waals surface area contributed by atoms with E-state index in [0.717, 1.165) is 0 Å². The fraction of sp³-hybridized carbons (Fsp3) is 0.250. The van der Waals surface area contributed by atoms with E-state index in [9.17, 15) is 14.4 Å². The van der Waals surface area contributed by atoms with Gasteiger partial charge in [0.25, 0.3) is 5.91 Å². The molecule has 7 nitrogen and oxygen atoms in total. The summed E-state index contributed by atoms with van der Waals surface area (Å²) in [6, 6.07) is 16.6. The highest BCUT2D eigenvalue weighted by Gasteiger charge is 2.29. The molecule has 0 heterocycles. The number of esters is 1. The predicted octanol–water partition coefficient (Wildman–Crippen LogP) is 2.58. The number of para-hydroxylation sites is 1. The molecule has 7 heteroatoms. The Morgan fingerprint density at radius 1 is 0.963 bits per heavy atom. The Kier molecular flexibility index (Phi) is 7.37. The molecule has 0 radical (unpaired) electrons. The third-order valence-electron chi connectivity index (χ3n) is 3.54. The molecule has 0 aliphatic rings. The molecule has 2 aromatic rings. The van der Waals surface area contributed by atoms with Crippen LogP contribution in [0.5, 0.6) is 5.75 Å². The Morgan fingerprint density at radius 2 is 1.56 bits per heavy atom. The molecule has 0 saturated carbocycles. The number of amides is 3. The van der Waals surface area contributed by atoms with Crippen LogP contribution in [-0.4, -0.2) is 30.6 Å². The van der Waals surface area contributed by atoms with Gasteiger partial charge in [-0.15, -0.1) is 0 Å². The highest BCUT2D eigenvalue weighted by molar-refractivity contribution is 5.97. The number of nitrogens with one attached hydrogen (secondary N) is 2. The van der Waals surface area contributed by atoms with E-state index in [2.05, 4.69) is 10.6 Å². The highest BCUT2D eigenvalue weighted by atomic mass is 16.6. The molecular formula is C20H22N2O5. The van der Waals surface area contributed by atoms with Gasteiger partial charge in [0.1, 0.15) is 5.75 Å². The van der Waals surface area contributed by atoms with Gasteiger partial charge in [-0.1, -0.05) is 48.5 Å². The zero-order valence-electron chi connectivity index (χ0n) is 15.2. The molecule has 2 aromatic carbocycles. The average molecular weight is 370 g/mol. The molecule has 0 saturated heterocycles. The second-order valence-corrected chi connectivity index (χ2v) is 5.65. The lowest BCUT2D eigenvalue weighted by Gasteiger charge is -2.20. The topological polar surface area (TPSA) is 93.7 Å². The van der Waals surface area contributed by atoms with Crippen LogP contribution < -0.4 is 15.4 Å². The zero-order chi connectivity index (χ0) is 19.6. The number of carbonyl (C=O) groups excluding carboxylic acids is 3. The maximum absolute atomic E-state index is 12.5. The average Bonchev–Trinajstić information content (AvgIpc) is 2.67. The molecule has 142 valence electrons. The smallest absolute Gasteiger partial charge is 0.348 e. The van der Waals surface area contributed by atoms with E-state index in [0.29, 0.717) is 17.9 Å². The van der Waals surface area contributed by atoms with Gasteiger partial charge in [-0.05, 0) is 26.0 Å². The lowest BCUT2D eigenvalue weighted by Crippen LogP contribution is -2.43. The number of hydrogen-bond acceptors (Lipinski definition) is 5. The fourth-order valence-corrected chi connectivity index (χ4v) is 2.25. The number of hydrogen-bond donors (Lipinski definition) is 2. The van der Waals surface area contributed by atoms with Crippen LogP contribution in [0.1, 0.15) is 25.5 Å². The maximum Gasteiger partial charge on any atom is 0.348 e. The predicted molar refractivity (Wildman–Crippen MR) is 99.0 cm³/mol. The summed E-state index contributed by atoms with van der Waals surface area (Å²) < 4.78 is 10.9. The Bertz CT molecular complexity index is 764. The fourth-order valence-electron chi connectivity index (χ4n) is 2.25. The molecule has 0 aliphatic carbocycles. The van der Waals surface area contributed by atoms with Crippen LogP contribution in [-0.2, 0) is 14.3 Å². The third kappa shape index (κ3) is 6.14. The van der Waals surface area contributed by atoms with Gasteiger partial charge in [0.05, 0.1) is 0 Å². The normalized spacial score (nSPS) is 12.4. The van der Waals surface area contributed by atoms with Crippen molar-refractivity contribution >= 4 is 17.9 Å². The molecule has 0 spiro atoms. The van der Waals surface area contributed by atoms with Gasteiger partial charge in [-0.3, -0.25) is 10.1 Å².